The molecule has 0 saturated carbocycles. The second-order valence-electron chi connectivity index (χ2n) is 4.20. The van der Waals surface area contributed by atoms with Gasteiger partial charge < -0.3 is 9.84 Å². The summed E-state index contributed by atoms with van der Waals surface area (Å²) in [7, 11) is 0. The Bertz CT molecular complexity index is 193. The van der Waals surface area contributed by atoms with E-state index in [-0.39, 0.29) is 18.1 Å². The lowest BCUT2D eigenvalue weighted by Gasteiger charge is -2.42. The molecule has 2 fully saturated rings. The van der Waals surface area contributed by atoms with E-state index < -0.39 is 11.0 Å². The molecule has 0 aromatic heterocycles. The predicted molar refractivity (Wildman–Crippen MR) is 47.3 cm³/mol. The Morgan fingerprint density at radius 3 is 2.83 bits per heavy atom. The van der Waals surface area contributed by atoms with Gasteiger partial charge in [0.25, 0.3) is 0 Å². The Morgan fingerprint density at radius 2 is 2.17 bits per heavy atom. The molecule has 0 amide bonds. The lowest BCUT2D eigenvalue weighted by atomic mass is 9.86. The number of hydrogen-bond donors (Lipinski definition) is 1. The average molecular weight is 191 g/mol. The third-order valence-electron chi connectivity index (χ3n) is 3.34. The van der Waals surface area contributed by atoms with Crippen LogP contribution in [0.25, 0.3) is 0 Å². The van der Waals surface area contributed by atoms with E-state index in [9.17, 15) is 5.11 Å². The number of ether oxygens (including phenoxy) is 1. The Hall–Kier alpha value is 0.210. The van der Waals surface area contributed by atoms with Crippen LogP contribution in [0, 0.1) is 5.92 Å². The molecule has 2 bridgehead atoms. The summed E-state index contributed by atoms with van der Waals surface area (Å²) in [4.78, 5) is -0.577. The van der Waals surface area contributed by atoms with Gasteiger partial charge in [0.05, 0.1) is 23.2 Å². The van der Waals surface area contributed by atoms with Crippen molar-refractivity contribution in [1.29, 1.82) is 0 Å². The molecule has 0 aromatic carbocycles. The summed E-state index contributed by atoms with van der Waals surface area (Å²) in [5, 5.41) is 9.87. The van der Waals surface area contributed by atoms with E-state index in [4.69, 9.17) is 16.3 Å². The number of aliphatic hydroxyl groups is 1. The van der Waals surface area contributed by atoms with Crippen molar-refractivity contribution in [2.75, 3.05) is 0 Å². The highest BCUT2D eigenvalue weighted by molar-refractivity contribution is 6.24. The van der Waals surface area contributed by atoms with Gasteiger partial charge in [-0.2, -0.15) is 0 Å². The van der Waals surface area contributed by atoms with Crippen molar-refractivity contribution >= 4 is 11.6 Å². The molecule has 2 saturated heterocycles. The third kappa shape index (κ3) is 1.02. The second kappa shape index (κ2) is 2.60. The first-order chi connectivity index (χ1) is 5.53. The second-order valence-corrected chi connectivity index (χ2v) is 5.01. The first kappa shape index (κ1) is 8.79. The van der Waals surface area contributed by atoms with Crippen LogP contribution in [-0.2, 0) is 4.74 Å². The molecular weight excluding hydrogens is 176 g/mol. The largest absolute Gasteiger partial charge is 0.391 e. The van der Waals surface area contributed by atoms with Crippen molar-refractivity contribution in [2.45, 2.75) is 49.9 Å². The van der Waals surface area contributed by atoms with Gasteiger partial charge in [0, 0.05) is 5.92 Å². The van der Waals surface area contributed by atoms with Gasteiger partial charge in [-0.15, -0.1) is 11.6 Å². The van der Waals surface area contributed by atoms with E-state index in [1.54, 1.807) is 0 Å². The summed E-state index contributed by atoms with van der Waals surface area (Å²) < 4.78 is 5.70. The van der Waals surface area contributed by atoms with Gasteiger partial charge >= 0.3 is 0 Å². The van der Waals surface area contributed by atoms with Crippen LogP contribution in [0.3, 0.4) is 0 Å². The molecule has 1 N–H and O–H groups in total. The molecule has 2 nitrogen and oxygen atoms in total. The van der Waals surface area contributed by atoms with Gasteiger partial charge in [-0.25, -0.2) is 0 Å². The molecule has 0 radical (unpaired) electrons. The fourth-order valence-electron chi connectivity index (χ4n) is 2.37. The van der Waals surface area contributed by atoms with Gasteiger partial charge in [-0.3, -0.25) is 0 Å². The van der Waals surface area contributed by atoms with Gasteiger partial charge in [-0.05, 0) is 19.8 Å². The predicted octanol–water partition coefficient (Wildman–Crippen LogP) is 1.54. The lowest BCUT2D eigenvalue weighted by Crippen LogP contribution is -2.54. The van der Waals surface area contributed by atoms with Crippen LogP contribution in [-0.4, -0.2) is 28.3 Å². The van der Waals surface area contributed by atoms with Crippen LogP contribution < -0.4 is 0 Å². The van der Waals surface area contributed by atoms with Crippen LogP contribution in [0.1, 0.15) is 26.7 Å². The SMILES string of the molecule is C[C@@H]1[C@@H]2CC[C@@H](O2)[C@@](C)(Cl)[C@H]1O. The summed E-state index contributed by atoms with van der Waals surface area (Å²) in [6.07, 6.45) is 1.90. The van der Waals surface area contributed by atoms with Gasteiger partial charge in [0.15, 0.2) is 0 Å². The van der Waals surface area contributed by atoms with E-state index in [0.717, 1.165) is 12.8 Å². The van der Waals surface area contributed by atoms with Crippen molar-refractivity contribution in [3.8, 4) is 0 Å². The highest BCUT2D eigenvalue weighted by atomic mass is 35.5. The molecule has 2 aliphatic rings. The fourth-order valence-corrected chi connectivity index (χ4v) is 2.73. The molecule has 70 valence electrons. The van der Waals surface area contributed by atoms with E-state index >= 15 is 0 Å². The molecule has 12 heavy (non-hydrogen) atoms. The van der Waals surface area contributed by atoms with Crippen molar-refractivity contribution in [3.63, 3.8) is 0 Å². The normalized spacial score (nSPS) is 59.0. The third-order valence-corrected chi connectivity index (χ3v) is 3.81. The van der Waals surface area contributed by atoms with Crippen molar-refractivity contribution in [3.05, 3.63) is 0 Å². The number of fused-ring (bicyclic) bond motifs is 2. The summed E-state index contributed by atoms with van der Waals surface area (Å²) in [6, 6.07) is 0. The van der Waals surface area contributed by atoms with Crippen LogP contribution >= 0.6 is 11.6 Å². The molecule has 3 heteroatoms. The van der Waals surface area contributed by atoms with E-state index in [1.807, 2.05) is 13.8 Å². The first-order valence-corrected chi connectivity index (χ1v) is 4.93. The van der Waals surface area contributed by atoms with Crippen LogP contribution in [0.15, 0.2) is 0 Å². The number of alkyl halides is 1. The van der Waals surface area contributed by atoms with Gasteiger partial charge in [-0.1, -0.05) is 6.92 Å². The van der Waals surface area contributed by atoms with Gasteiger partial charge in [0.2, 0.25) is 0 Å². The molecule has 2 aliphatic heterocycles. The Balaban J connectivity index is 2.26. The minimum atomic E-state index is -0.577. The quantitative estimate of drug-likeness (QED) is 0.588. The lowest BCUT2D eigenvalue weighted by molar-refractivity contribution is -0.114. The van der Waals surface area contributed by atoms with Gasteiger partial charge in [0.1, 0.15) is 0 Å². The van der Waals surface area contributed by atoms with Crippen molar-refractivity contribution < 1.29 is 9.84 Å². The molecule has 5 atom stereocenters. The topological polar surface area (TPSA) is 29.5 Å². The molecule has 0 spiro atoms. The minimum Gasteiger partial charge on any atom is -0.391 e. The van der Waals surface area contributed by atoms with Crippen LogP contribution in [0.5, 0.6) is 0 Å². The zero-order valence-corrected chi connectivity index (χ0v) is 8.21. The minimum absolute atomic E-state index is 0.0513. The zero-order valence-electron chi connectivity index (χ0n) is 7.46. The van der Waals surface area contributed by atoms with Crippen LogP contribution in [0.4, 0.5) is 0 Å². The molecule has 0 aromatic rings. The van der Waals surface area contributed by atoms with E-state index in [0.29, 0.717) is 0 Å². The highest BCUT2D eigenvalue weighted by Crippen LogP contribution is 2.45. The van der Waals surface area contributed by atoms with Crippen LogP contribution in [0.2, 0.25) is 0 Å². The van der Waals surface area contributed by atoms with E-state index in [1.165, 1.54) is 0 Å². The zero-order chi connectivity index (χ0) is 8.93. The summed E-state index contributed by atoms with van der Waals surface area (Å²) in [5.74, 6) is 0.172. The number of aliphatic hydroxyl groups excluding tert-OH is 1. The Labute approximate surface area is 77.9 Å². The molecule has 0 aliphatic carbocycles. The average Bonchev–Trinajstić information content (AvgIpc) is 2.46. The van der Waals surface area contributed by atoms with Crippen molar-refractivity contribution in [1.82, 2.24) is 0 Å². The van der Waals surface area contributed by atoms with Crippen molar-refractivity contribution in [2.24, 2.45) is 5.92 Å². The molecule has 2 rings (SSSR count). The Kier molecular flexibility index (Phi) is 1.90. The molecule has 2 heterocycles. The fraction of sp³-hybridized carbons (Fsp3) is 1.00. The standard InChI is InChI=1S/C9H15ClO2/c1-5-6-3-4-7(12-6)9(2,10)8(5)11/h5-8,11H,3-4H2,1-2H3/t5-,6+,7-,8+,9-/m1/s1. The first-order valence-electron chi connectivity index (χ1n) is 4.56. The Morgan fingerprint density at radius 1 is 1.50 bits per heavy atom. The maximum atomic E-state index is 9.87. The highest BCUT2D eigenvalue weighted by Gasteiger charge is 2.53. The summed E-state index contributed by atoms with van der Waals surface area (Å²) in [5.41, 5.74) is 0. The summed E-state index contributed by atoms with van der Waals surface area (Å²) >= 11 is 6.24. The monoisotopic (exact) mass is 190 g/mol. The molecular formula is C9H15ClO2. The maximum absolute atomic E-state index is 9.87. The maximum Gasteiger partial charge on any atom is 0.0940 e. The molecule has 0 unspecified atom stereocenters. The smallest absolute Gasteiger partial charge is 0.0940 e. The summed E-state index contributed by atoms with van der Waals surface area (Å²) in [6.45, 7) is 3.89. The number of rotatable bonds is 0. The van der Waals surface area contributed by atoms with E-state index in [2.05, 4.69) is 0 Å². The number of hydrogen-bond acceptors (Lipinski definition) is 2. The number of halogens is 1.